The molecule has 0 radical (unpaired) electrons. The average molecular weight is 643 g/mol. The van der Waals surface area contributed by atoms with E-state index in [1.807, 2.05) is 66.7 Å². The van der Waals surface area contributed by atoms with Gasteiger partial charge in [0.05, 0.1) is 17.1 Å². The van der Waals surface area contributed by atoms with Crippen molar-refractivity contribution >= 4 is 38.9 Å². The van der Waals surface area contributed by atoms with Crippen LogP contribution in [-0.2, 0) is 0 Å². The molecule has 0 bridgehead atoms. The van der Waals surface area contributed by atoms with E-state index in [0.29, 0.717) is 11.7 Å². The quantitative estimate of drug-likeness (QED) is 0.173. The van der Waals surface area contributed by atoms with E-state index >= 15 is 0 Å². The Morgan fingerprint density at radius 2 is 0.980 bits per heavy atom. The van der Waals surface area contributed by atoms with Gasteiger partial charge in [0.15, 0.2) is 11.4 Å². The summed E-state index contributed by atoms with van der Waals surface area (Å²) in [7, 11) is 0. The Kier molecular flexibility index (Phi) is 7.41. The monoisotopic (exact) mass is 642 g/mol. The largest absolute Gasteiger partial charge is 0.436 e. The zero-order valence-corrected chi connectivity index (χ0v) is 27.0. The number of fused-ring (bicyclic) bond motifs is 2. The molecule has 2 aromatic heterocycles. The molecular formula is C45H30N4O. The van der Waals surface area contributed by atoms with Crippen LogP contribution in [0.3, 0.4) is 0 Å². The lowest BCUT2D eigenvalue weighted by Gasteiger charge is -2.27. The van der Waals surface area contributed by atoms with Gasteiger partial charge in [0.25, 0.3) is 0 Å². The fourth-order valence-corrected chi connectivity index (χ4v) is 6.51. The summed E-state index contributed by atoms with van der Waals surface area (Å²) in [5.74, 6) is 1.29. The number of nitrogens with zero attached hydrogens (tertiary/aromatic N) is 4. The highest BCUT2D eigenvalue weighted by Crippen LogP contribution is 2.42. The molecule has 236 valence electrons. The summed E-state index contributed by atoms with van der Waals surface area (Å²) in [5.41, 5.74) is 10.5. The first-order valence-corrected chi connectivity index (χ1v) is 16.6. The molecule has 0 amide bonds. The Bertz CT molecular complexity index is 2490. The number of benzene rings is 7. The van der Waals surface area contributed by atoms with Crippen molar-refractivity contribution in [3.63, 3.8) is 0 Å². The van der Waals surface area contributed by atoms with E-state index in [1.165, 1.54) is 0 Å². The summed E-state index contributed by atoms with van der Waals surface area (Å²) < 4.78 is 6.07. The Balaban J connectivity index is 1.19. The second kappa shape index (κ2) is 12.6. The van der Waals surface area contributed by atoms with Gasteiger partial charge in [-0.05, 0) is 72.1 Å². The van der Waals surface area contributed by atoms with Gasteiger partial charge in [0.1, 0.15) is 5.52 Å². The Morgan fingerprint density at radius 3 is 1.64 bits per heavy atom. The van der Waals surface area contributed by atoms with Crippen LogP contribution in [0.4, 0.5) is 17.1 Å². The third-order valence-electron chi connectivity index (χ3n) is 8.93. The second-order valence-corrected chi connectivity index (χ2v) is 12.1. The van der Waals surface area contributed by atoms with Gasteiger partial charge in [-0.25, -0.2) is 15.0 Å². The minimum atomic E-state index is 0.603. The van der Waals surface area contributed by atoms with Crippen LogP contribution in [0.15, 0.2) is 186 Å². The first-order chi connectivity index (χ1) is 24.8. The minimum Gasteiger partial charge on any atom is -0.436 e. The molecule has 0 saturated heterocycles. The van der Waals surface area contributed by atoms with Crippen LogP contribution >= 0.6 is 0 Å². The van der Waals surface area contributed by atoms with Crippen LogP contribution in [0.25, 0.3) is 67.2 Å². The SMILES string of the molecule is c1ccc(-c2cc(-c3ccccc3)nc(-c3ccc(N(c4ccccc4)c4ccc(-c5nc6ccccc6o5)cc4)c4ccccc34)n2)cc1. The van der Waals surface area contributed by atoms with Crippen LogP contribution in [0, 0.1) is 0 Å². The number of hydrogen-bond donors (Lipinski definition) is 0. The molecule has 0 unspecified atom stereocenters. The van der Waals surface area contributed by atoms with Gasteiger partial charge in [-0.15, -0.1) is 0 Å². The molecule has 0 aliphatic rings. The fraction of sp³-hybridized carbons (Fsp3) is 0. The molecular weight excluding hydrogens is 613 g/mol. The van der Waals surface area contributed by atoms with Gasteiger partial charge in [-0.2, -0.15) is 0 Å². The number of hydrogen-bond acceptors (Lipinski definition) is 5. The van der Waals surface area contributed by atoms with Crippen LogP contribution in [0.2, 0.25) is 0 Å². The molecule has 9 aromatic rings. The maximum absolute atomic E-state index is 6.07. The zero-order chi connectivity index (χ0) is 33.3. The molecule has 0 fully saturated rings. The molecule has 5 nitrogen and oxygen atoms in total. The van der Waals surface area contributed by atoms with Crippen molar-refractivity contribution in [3.8, 4) is 45.4 Å². The van der Waals surface area contributed by atoms with Crippen molar-refractivity contribution in [2.75, 3.05) is 4.90 Å². The van der Waals surface area contributed by atoms with E-state index in [4.69, 9.17) is 19.4 Å². The predicted octanol–water partition coefficient (Wildman–Crippen LogP) is 11.9. The third kappa shape index (κ3) is 5.47. The van der Waals surface area contributed by atoms with Crippen molar-refractivity contribution in [1.29, 1.82) is 0 Å². The normalized spacial score (nSPS) is 11.2. The topological polar surface area (TPSA) is 55.1 Å². The molecule has 0 aliphatic carbocycles. The maximum atomic E-state index is 6.07. The van der Waals surface area contributed by atoms with Gasteiger partial charge < -0.3 is 9.32 Å². The first-order valence-electron chi connectivity index (χ1n) is 16.6. The molecule has 0 spiro atoms. The smallest absolute Gasteiger partial charge is 0.227 e. The summed E-state index contributed by atoms with van der Waals surface area (Å²) >= 11 is 0. The Morgan fingerprint density at radius 1 is 0.420 bits per heavy atom. The van der Waals surface area contributed by atoms with E-state index in [9.17, 15) is 0 Å². The predicted molar refractivity (Wildman–Crippen MR) is 204 cm³/mol. The summed E-state index contributed by atoms with van der Waals surface area (Å²) in [6.07, 6.45) is 0. The summed E-state index contributed by atoms with van der Waals surface area (Å²) in [5, 5.41) is 2.16. The first kappa shape index (κ1) is 29.3. The third-order valence-corrected chi connectivity index (χ3v) is 8.93. The van der Waals surface area contributed by atoms with Crippen molar-refractivity contribution in [2.45, 2.75) is 0 Å². The van der Waals surface area contributed by atoms with E-state index in [2.05, 4.69) is 120 Å². The number of aromatic nitrogens is 3. The lowest BCUT2D eigenvalue weighted by atomic mass is 9.99. The second-order valence-electron chi connectivity index (χ2n) is 12.1. The molecule has 0 atom stereocenters. The van der Waals surface area contributed by atoms with E-state index in [-0.39, 0.29) is 0 Å². The highest BCUT2D eigenvalue weighted by molar-refractivity contribution is 6.05. The highest BCUT2D eigenvalue weighted by atomic mass is 16.3. The maximum Gasteiger partial charge on any atom is 0.227 e. The summed E-state index contributed by atoms with van der Waals surface area (Å²) in [4.78, 5) is 17.3. The summed E-state index contributed by atoms with van der Waals surface area (Å²) in [6.45, 7) is 0. The van der Waals surface area contributed by atoms with E-state index in [0.717, 1.165) is 72.6 Å². The molecule has 0 saturated carbocycles. The lowest BCUT2D eigenvalue weighted by molar-refractivity contribution is 0.620. The van der Waals surface area contributed by atoms with E-state index < -0.39 is 0 Å². The van der Waals surface area contributed by atoms with Crippen molar-refractivity contribution in [1.82, 2.24) is 15.0 Å². The highest BCUT2D eigenvalue weighted by Gasteiger charge is 2.20. The van der Waals surface area contributed by atoms with Crippen LogP contribution in [0.5, 0.6) is 0 Å². The Hall–Kier alpha value is -6.85. The van der Waals surface area contributed by atoms with Crippen LogP contribution in [0.1, 0.15) is 0 Å². The molecule has 9 rings (SSSR count). The van der Waals surface area contributed by atoms with Crippen molar-refractivity contribution in [2.24, 2.45) is 0 Å². The van der Waals surface area contributed by atoms with Crippen molar-refractivity contribution < 1.29 is 4.42 Å². The minimum absolute atomic E-state index is 0.603. The molecule has 2 heterocycles. The van der Waals surface area contributed by atoms with E-state index in [1.54, 1.807) is 0 Å². The fourth-order valence-electron chi connectivity index (χ4n) is 6.51. The number of rotatable bonds is 7. The van der Waals surface area contributed by atoms with Crippen LogP contribution < -0.4 is 4.90 Å². The van der Waals surface area contributed by atoms with Gasteiger partial charge in [0, 0.05) is 39.0 Å². The van der Waals surface area contributed by atoms with Gasteiger partial charge in [-0.1, -0.05) is 115 Å². The summed E-state index contributed by atoms with van der Waals surface area (Å²) in [6, 6.07) is 62.2. The lowest BCUT2D eigenvalue weighted by Crippen LogP contribution is -2.10. The molecule has 0 aliphatic heterocycles. The number of anilines is 3. The Labute approximate surface area is 289 Å². The number of oxazole rings is 1. The van der Waals surface area contributed by atoms with Gasteiger partial charge in [0.2, 0.25) is 5.89 Å². The average Bonchev–Trinajstić information content (AvgIpc) is 3.64. The van der Waals surface area contributed by atoms with Gasteiger partial charge >= 0.3 is 0 Å². The molecule has 5 heteroatoms. The molecule has 7 aromatic carbocycles. The zero-order valence-electron chi connectivity index (χ0n) is 27.0. The molecule has 50 heavy (non-hydrogen) atoms. The molecule has 0 N–H and O–H groups in total. The number of para-hydroxylation sites is 3. The van der Waals surface area contributed by atoms with Crippen LogP contribution in [-0.4, -0.2) is 15.0 Å². The standard InChI is InChI=1S/C45H30N4O/c1-4-14-31(15-5-1)40-30-41(32-16-6-2-7-17-32)47-44(46-40)38-28-29-42(37-21-11-10-20-36(37)38)49(34-18-8-3-9-19-34)35-26-24-33(25-27-35)45-48-39-22-12-13-23-43(39)50-45/h1-30H. The van der Waals surface area contributed by atoms with Gasteiger partial charge in [-0.3, -0.25) is 0 Å². The van der Waals surface area contributed by atoms with Crippen molar-refractivity contribution in [3.05, 3.63) is 182 Å².